The van der Waals surface area contributed by atoms with Crippen molar-refractivity contribution in [3.05, 3.63) is 11.1 Å². The highest BCUT2D eigenvalue weighted by atomic mass is 16.3. The Morgan fingerprint density at radius 1 is 1.22 bits per heavy atom. The van der Waals surface area contributed by atoms with E-state index < -0.39 is 17.6 Å². The highest BCUT2D eigenvalue weighted by Gasteiger charge is 2.67. The first-order chi connectivity index (χ1) is 8.21. The molecule has 0 aromatic heterocycles. The molecule has 3 rings (SSSR count). The first-order valence-corrected chi connectivity index (χ1v) is 6.81. The number of carbonyl (C=O) groups excluding carboxylic acids is 1. The van der Waals surface area contributed by atoms with Gasteiger partial charge in [0, 0.05) is 11.8 Å². The fraction of sp³-hybridized carbons (Fsp3) is 0.800. The van der Waals surface area contributed by atoms with Crippen LogP contribution in [0.1, 0.15) is 40.5 Å². The lowest BCUT2D eigenvalue weighted by molar-refractivity contribution is -0.115. The van der Waals surface area contributed by atoms with Gasteiger partial charge in [-0.05, 0) is 41.7 Å². The molecule has 0 spiro atoms. The average Bonchev–Trinajstić information content (AvgIpc) is 2.90. The van der Waals surface area contributed by atoms with Gasteiger partial charge in [-0.2, -0.15) is 0 Å². The smallest absolute Gasteiger partial charge is 0.159 e. The summed E-state index contributed by atoms with van der Waals surface area (Å²) in [5.74, 6) is 0.540. The Bertz CT molecular complexity index is 462. The summed E-state index contributed by atoms with van der Waals surface area (Å²) in [6.45, 7) is 7.81. The fourth-order valence-electron chi connectivity index (χ4n) is 4.22. The molecule has 3 nitrogen and oxygen atoms in total. The molecule has 5 atom stereocenters. The van der Waals surface area contributed by atoms with Gasteiger partial charge in [0.05, 0.1) is 12.2 Å². The number of ketones is 1. The predicted octanol–water partition coefficient (Wildman–Crippen LogP) is 1.68. The summed E-state index contributed by atoms with van der Waals surface area (Å²) in [5.41, 5.74) is 1.09. The number of rotatable bonds is 0. The number of carbonyl (C=O) groups is 1. The van der Waals surface area contributed by atoms with Gasteiger partial charge in [0.2, 0.25) is 0 Å². The van der Waals surface area contributed by atoms with Gasteiger partial charge in [-0.3, -0.25) is 4.79 Å². The zero-order valence-corrected chi connectivity index (χ0v) is 11.5. The summed E-state index contributed by atoms with van der Waals surface area (Å²) < 4.78 is 0. The summed E-state index contributed by atoms with van der Waals surface area (Å²) in [6, 6.07) is 0. The van der Waals surface area contributed by atoms with Gasteiger partial charge in [0.1, 0.15) is 0 Å². The second kappa shape index (κ2) is 3.26. The van der Waals surface area contributed by atoms with E-state index in [1.54, 1.807) is 0 Å². The fourth-order valence-corrected chi connectivity index (χ4v) is 4.22. The molecule has 2 fully saturated rings. The molecule has 5 unspecified atom stereocenters. The third kappa shape index (κ3) is 1.24. The molecule has 0 aromatic rings. The number of aliphatic hydroxyl groups is 2. The van der Waals surface area contributed by atoms with E-state index in [0.29, 0.717) is 6.42 Å². The maximum Gasteiger partial charge on any atom is 0.159 e. The van der Waals surface area contributed by atoms with Crippen molar-refractivity contribution >= 4 is 5.78 Å². The minimum atomic E-state index is -0.700. The van der Waals surface area contributed by atoms with Crippen molar-refractivity contribution < 1.29 is 15.0 Å². The number of allylic oxidation sites excluding steroid dienone is 1. The van der Waals surface area contributed by atoms with Gasteiger partial charge in [0.25, 0.3) is 0 Å². The minimum Gasteiger partial charge on any atom is -0.392 e. The standard InChI is InChI=1S/C15H22O3/c1-7-10(16)5-8-11(7)13(18)14(2,3)12(17)9-6-15(8,9)4/h8-9,12-13,17-18H,5-6H2,1-4H3. The zero-order valence-electron chi connectivity index (χ0n) is 11.5. The maximum atomic E-state index is 12.0. The van der Waals surface area contributed by atoms with Crippen LogP contribution >= 0.6 is 0 Å². The van der Waals surface area contributed by atoms with Crippen molar-refractivity contribution in [2.24, 2.45) is 22.7 Å². The van der Waals surface area contributed by atoms with Crippen molar-refractivity contribution in [3.63, 3.8) is 0 Å². The van der Waals surface area contributed by atoms with E-state index in [9.17, 15) is 15.0 Å². The zero-order chi connectivity index (χ0) is 13.5. The first kappa shape index (κ1) is 12.4. The monoisotopic (exact) mass is 250 g/mol. The van der Waals surface area contributed by atoms with Gasteiger partial charge in [-0.1, -0.05) is 20.8 Å². The molecule has 2 saturated carbocycles. The Balaban J connectivity index is 2.16. The molecule has 3 aliphatic carbocycles. The van der Waals surface area contributed by atoms with Crippen LogP contribution < -0.4 is 0 Å². The van der Waals surface area contributed by atoms with E-state index in [4.69, 9.17) is 0 Å². The average molecular weight is 250 g/mol. The summed E-state index contributed by atoms with van der Waals surface area (Å²) in [6.07, 6.45) is 0.305. The van der Waals surface area contributed by atoms with Gasteiger partial charge in [-0.25, -0.2) is 0 Å². The third-order valence-corrected chi connectivity index (χ3v) is 5.90. The van der Waals surface area contributed by atoms with Gasteiger partial charge < -0.3 is 10.2 Å². The van der Waals surface area contributed by atoms with E-state index in [2.05, 4.69) is 6.92 Å². The van der Waals surface area contributed by atoms with E-state index >= 15 is 0 Å². The van der Waals surface area contributed by atoms with Crippen molar-refractivity contribution in [2.75, 3.05) is 0 Å². The minimum absolute atomic E-state index is 0.0108. The van der Waals surface area contributed by atoms with E-state index in [1.165, 1.54) is 0 Å². The molecule has 18 heavy (non-hydrogen) atoms. The summed E-state index contributed by atoms with van der Waals surface area (Å²) in [5, 5.41) is 21.1. The normalized spacial score (nSPS) is 49.8. The molecule has 0 aromatic carbocycles. The SMILES string of the molecule is CC1=C2C(O)C(C)(C)C(O)C3CC3(C)C2CC1=O. The molecule has 0 saturated heterocycles. The second-order valence-corrected chi connectivity index (χ2v) is 7.25. The molecule has 0 bridgehead atoms. The lowest BCUT2D eigenvalue weighted by Gasteiger charge is -2.35. The number of Topliss-reactive ketones (excluding diaryl/α,β-unsaturated/α-hetero) is 1. The number of hydrogen-bond acceptors (Lipinski definition) is 3. The second-order valence-electron chi connectivity index (χ2n) is 7.25. The van der Waals surface area contributed by atoms with Crippen molar-refractivity contribution in [1.29, 1.82) is 0 Å². The largest absolute Gasteiger partial charge is 0.392 e. The summed E-state index contributed by atoms with van der Waals surface area (Å²) in [7, 11) is 0. The maximum absolute atomic E-state index is 12.0. The quantitative estimate of drug-likeness (QED) is 0.687. The number of hydrogen-bond donors (Lipinski definition) is 2. The Labute approximate surface area is 108 Å². The highest BCUT2D eigenvalue weighted by Crippen LogP contribution is 2.68. The Kier molecular flexibility index (Phi) is 2.24. The molecule has 100 valence electrons. The molecule has 0 radical (unpaired) electrons. The Morgan fingerprint density at radius 3 is 2.44 bits per heavy atom. The highest BCUT2D eigenvalue weighted by molar-refractivity contribution is 5.99. The van der Waals surface area contributed by atoms with Crippen molar-refractivity contribution in [2.45, 2.75) is 52.7 Å². The third-order valence-electron chi connectivity index (χ3n) is 5.90. The van der Waals surface area contributed by atoms with E-state index in [0.717, 1.165) is 17.6 Å². The van der Waals surface area contributed by atoms with Crippen LogP contribution in [0.4, 0.5) is 0 Å². The molecular weight excluding hydrogens is 228 g/mol. The number of fused-ring (bicyclic) bond motifs is 3. The molecule has 2 N–H and O–H groups in total. The van der Waals surface area contributed by atoms with Crippen LogP contribution in [0.5, 0.6) is 0 Å². The topological polar surface area (TPSA) is 57.5 Å². The van der Waals surface area contributed by atoms with Crippen LogP contribution in [0.2, 0.25) is 0 Å². The van der Waals surface area contributed by atoms with Crippen LogP contribution in [-0.2, 0) is 4.79 Å². The Morgan fingerprint density at radius 2 is 1.83 bits per heavy atom. The lowest BCUT2D eigenvalue weighted by Crippen LogP contribution is -2.42. The van der Waals surface area contributed by atoms with Crippen LogP contribution in [0.3, 0.4) is 0 Å². The van der Waals surface area contributed by atoms with E-state index in [-0.39, 0.29) is 23.0 Å². The van der Waals surface area contributed by atoms with Crippen molar-refractivity contribution in [1.82, 2.24) is 0 Å². The van der Waals surface area contributed by atoms with Gasteiger partial charge in [-0.15, -0.1) is 0 Å². The van der Waals surface area contributed by atoms with Crippen LogP contribution in [-0.4, -0.2) is 28.2 Å². The van der Waals surface area contributed by atoms with Gasteiger partial charge in [0.15, 0.2) is 5.78 Å². The molecule has 0 heterocycles. The first-order valence-electron chi connectivity index (χ1n) is 6.81. The molecule has 3 aliphatic rings. The van der Waals surface area contributed by atoms with Crippen molar-refractivity contribution in [3.8, 4) is 0 Å². The van der Waals surface area contributed by atoms with Crippen LogP contribution in [0, 0.1) is 22.7 Å². The van der Waals surface area contributed by atoms with E-state index in [1.807, 2.05) is 20.8 Å². The summed E-state index contributed by atoms with van der Waals surface area (Å²) >= 11 is 0. The van der Waals surface area contributed by atoms with Crippen LogP contribution in [0.25, 0.3) is 0 Å². The predicted molar refractivity (Wildman–Crippen MR) is 67.8 cm³/mol. The Hall–Kier alpha value is -0.670. The number of aliphatic hydroxyl groups excluding tert-OH is 2. The molecule has 0 amide bonds. The summed E-state index contributed by atoms with van der Waals surface area (Å²) in [4.78, 5) is 12.0. The molecule has 0 aliphatic heterocycles. The molecule has 3 heteroatoms. The van der Waals surface area contributed by atoms with Gasteiger partial charge >= 0.3 is 0 Å². The molecular formula is C15H22O3. The van der Waals surface area contributed by atoms with Crippen LogP contribution in [0.15, 0.2) is 11.1 Å². The lowest BCUT2D eigenvalue weighted by atomic mass is 9.75.